The van der Waals surface area contributed by atoms with Gasteiger partial charge in [-0.3, -0.25) is 4.57 Å². The maximum atomic E-state index is 5.33. The van der Waals surface area contributed by atoms with Crippen molar-refractivity contribution in [3.05, 3.63) is 212 Å². The fraction of sp³-hybridized carbons (Fsp3) is 0. The number of para-hydroxylation sites is 3. The first-order valence-electron chi connectivity index (χ1n) is 20.7. The van der Waals surface area contributed by atoms with Crippen LogP contribution in [0.15, 0.2) is 212 Å². The van der Waals surface area contributed by atoms with Crippen molar-refractivity contribution >= 4 is 43.6 Å². The van der Waals surface area contributed by atoms with Crippen molar-refractivity contribution < 1.29 is 0 Å². The first-order chi connectivity index (χ1) is 30.7. The van der Waals surface area contributed by atoms with Crippen molar-refractivity contribution in [2.24, 2.45) is 0 Å². The van der Waals surface area contributed by atoms with Crippen LogP contribution in [0.3, 0.4) is 0 Å². The molecule has 0 spiro atoms. The van der Waals surface area contributed by atoms with Crippen LogP contribution in [0.1, 0.15) is 0 Å². The van der Waals surface area contributed by atoms with E-state index in [4.69, 9.17) is 24.9 Å². The van der Waals surface area contributed by atoms with Crippen molar-refractivity contribution in [1.82, 2.24) is 34.1 Å². The molecule has 62 heavy (non-hydrogen) atoms. The lowest BCUT2D eigenvalue weighted by Gasteiger charge is -2.12. The first kappa shape index (κ1) is 35.4. The van der Waals surface area contributed by atoms with E-state index in [-0.39, 0.29) is 0 Å². The molecule has 0 radical (unpaired) electrons. The Bertz CT molecular complexity index is 3560. The van der Waals surface area contributed by atoms with Gasteiger partial charge < -0.3 is 4.57 Å². The lowest BCUT2D eigenvalue weighted by atomic mass is 10.1. The van der Waals surface area contributed by atoms with Crippen LogP contribution in [0, 0.1) is 0 Å². The van der Waals surface area contributed by atoms with Gasteiger partial charge in [0.05, 0.1) is 33.5 Å². The summed E-state index contributed by atoms with van der Waals surface area (Å²) in [6.07, 6.45) is 0. The van der Waals surface area contributed by atoms with Gasteiger partial charge in [-0.25, -0.2) is 15.0 Å². The number of aromatic nitrogens is 7. The zero-order chi connectivity index (χ0) is 41.0. The van der Waals surface area contributed by atoms with Gasteiger partial charge in [0.1, 0.15) is 0 Å². The molecular weight excluding hydrogens is 759 g/mol. The molecule has 0 saturated heterocycles. The Morgan fingerprint density at radius 2 is 0.694 bits per heavy atom. The summed E-state index contributed by atoms with van der Waals surface area (Å²) in [5, 5.41) is 4.63. The van der Waals surface area contributed by atoms with Crippen molar-refractivity contribution in [3.63, 3.8) is 0 Å². The van der Waals surface area contributed by atoms with E-state index in [0.29, 0.717) is 23.4 Å². The average molecular weight is 794 g/mol. The maximum Gasteiger partial charge on any atom is 0.238 e. The Morgan fingerprint density at radius 3 is 1.27 bits per heavy atom. The Kier molecular flexibility index (Phi) is 8.35. The molecule has 4 aromatic heterocycles. The van der Waals surface area contributed by atoms with E-state index in [1.807, 2.05) is 84.9 Å². The standard InChI is InChI=1S/C55H35N7/c1-5-18-36(19-6-1)46-34-47(37-20-7-2-8-21-37)57-53(56-46)39-24-17-25-40(32-39)54-58-52(38-22-9-3-10-23-38)59-55(60-54)62-49-31-16-14-29-43(49)45-33-44-42-28-13-15-30-48(42)61(50(44)35-51(45)62)41-26-11-4-12-27-41/h1-35H. The van der Waals surface area contributed by atoms with Gasteiger partial charge in [0.15, 0.2) is 17.5 Å². The molecule has 4 heterocycles. The van der Waals surface area contributed by atoms with Gasteiger partial charge >= 0.3 is 0 Å². The molecule has 0 bridgehead atoms. The topological polar surface area (TPSA) is 74.3 Å². The van der Waals surface area contributed by atoms with Crippen LogP contribution in [0.4, 0.5) is 0 Å². The predicted molar refractivity (Wildman–Crippen MR) is 251 cm³/mol. The van der Waals surface area contributed by atoms with Crippen molar-refractivity contribution in [2.45, 2.75) is 0 Å². The number of rotatable bonds is 7. The van der Waals surface area contributed by atoms with Crippen LogP contribution in [0.25, 0.3) is 112 Å². The minimum absolute atomic E-state index is 0.529. The van der Waals surface area contributed by atoms with Gasteiger partial charge in [-0.1, -0.05) is 164 Å². The first-order valence-corrected chi connectivity index (χ1v) is 20.7. The van der Waals surface area contributed by atoms with Gasteiger partial charge in [0, 0.05) is 55.0 Å². The number of hydrogen-bond donors (Lipinski definition) is 0. The molecule has 7 heteroatoms. The van der Waals surface area contributed by atoms with E-state index in [9.17, 15) is 0 Å². The summed E-state index contributed by atoms with van der Waals surface area (Å²) in [4.78, 5) is 26.0. The fourth-order valence-corrected chi connectivity index (χ4v) is 8.70. The molecule has 8 aromatic carbocycles. The third kappa shape index (κ3) is 6.02. The summed E-state index contributed by atoms with van der Waals surface area (Å²) in [5.74, 6) is 2.27. The molecular formula is C55H35N7. The van der Waals surface area contributed by atoms with Crippen molar-refractivity contribution in [1.29, 1.82) is 0 Å². The minimum atomic E-state index is 0.529. The van der Waals surface area contributed by atoms with Crippen LogP contribution >= 0.6 is 0 Å². The summed E-state index contributed by atoms with van der Waals surface area (Å²) < 4.78 is 4.54. The largest absolute Gasteiger partial charge is 0.309 e. The highest BCUT2D eigenvalue weighted by Gasteiger charge is 2.21. The summed E-state index contributed by atoms with van der Waals surface area (Å²) in [5.41, 5.74) is 11.7. The monoisotopic (exact) mass is 793 g/mol. The number of nitrogens with zero attached hydrogens (tertiary/aromatic N) is 7. The highest BCUT2D eigenvalue weighted by Crippen LogP contribution is 2.40. The van der Waals surface area contributed by atoms with Gasteiger partial charge in [-0.2, -0.15) is 9.97 Å². The van der Waals surface area contributed by atoms with Gasteiger partial charge in [-0.15, -0.1) is 0 Å². The van der Waals surface area contributed by atoms with E-state index in [1.54, 1.807) is 0 Å². The number of fused-ring (bicyclic) bond motifs is 6. The third-order valence-corrected chi connectivity index (χ3v) is 11.6. The summed E-state index contributed by atoms with van der Waals surface area (Å²) in [7, 11) is 0. The molecule has 0 amide bonds. The zero-order valence-corrected chi connectivity index (χ0v) is 33.3. The highest BCUT2D eigenvalue weighted by molar-refractivity contribution is 6.19. The molecule has 12 aromatic rings. The number of benzene rings is 8. The van der Waals surface area contributed by atoms with E-state index in [1.165, 1.54) is 10.8 Å². The molecule has 0 atom stereocenters. The molecule has 290 valence electrons. The van der Waals surface area contributed by atoms with E-state index in [0.717, 1.165) is 77.7 Å². The van der Waals surface area contributed by atoms with Crippen LogP contribution in [-0.4, -0.2) is 34.1 Å². The minimum Gasteiger partial charge on any atom is -0.309 e. The summed E-state index contributed by atoms with van der Waals surface area (Å²) in [6.45, 7) is 0. The van der Waals surface area contributed by atoms with Crippen LogP contribution in [0.2, 0.25) is 0 Å². The van der Waals surface area contributed by atoms with Crippen molar-refractivity contribution in [2.75, 3.05) is 0 Å². The quantitative estimate of drug-likeness (QED) is 0.161. The third-order valence-electron chi connectivity index (χ3n) is 11.6. The molecule has 0 fully saturated rings. The van der Waals surface area contributed by atoms with E-state index in [2.05, 4.69) is 137 Å². The Hall–Kier alpha value is -8.55. The Morgan fingerprint density at radius 1 is 0.258 bits per heavy atom. The highest BCUT2D eigenvalue weighted by atomic mass is 15.2. The van der Waals surface area contributed by atoms with Crippen LogP contribution in [0.5, 0.6) is 0 Å². The molecule has 7 nitrogen and oxygen atoms in total. The van der Waals surface area contributed by atoms with Gasteiger partial charge in [-0.05, 0) is 48.5 Å². The SMILES string of the molecule is c1ccc(-c2cc(-c3ccccc3)nc(-c3cccc(-c4nc(-c5ccccc5)nc(-n5c6ccccc6c6cc7c8ccccc8n(-c8ccccc8)c7cc65)n4)c3)n2)cc1. The normalized spacial score (nSPS) is 11.5. The van der Waals surface area contributed by atoms with Gasteiger partial charge in [0.2, 0.25) is 5.95 Å². The molecule has 0 aliphatic heterocycles. The lowest BCUT2D eigenvalue weighted by Crippen LogP contribution is -2.06. The second kappa shape index (κ2) is 14.6. The predicted octanol–water partition coefficient (Wildman–Crippen LogP) is 13.2. The number of hydrogen-bond acceptors (Lipinski definition) is 5. The molecule has 0 aliphatic carbocycles. The van der Waals surface area contributed by atoms with Crippen LogP contribution < -0.4 is 0 Å². The van der Waals surface area contributed by atoms with Crippen LogP contribution in [-0.2, 0) is 0 Å². The van der Waals surface area contributed by atoms with E-state index >= 15 is 0 Å². The zero-order valence-electron chi connectivity index (χ0n) is 33.3. The smallest absolute Gasteiger partial charge is 0.238 e. The average Bonchev–Trinajstić information content (AvgIpc) is 3.86. The summed E-state index contributed by atoms with van der Waals surface area (Å²) in [6, 6.07) is 73.2. The second-order valence-electron chi connectivity index (χ2n) is 15.4. The molecule has 12 rings (SSSR count). The molecule has 0 N–H and O–H groups in total. The lowest BCUT2D eigenvalue weighted by molar-refractivity contribution is 0.953. The summed E-state index contributed by atoms with van der Waals surface area (Å²) >= 11 is 0. The molecule has 0 aliphatic rings. The fourth-order valence-electron chi connectivity index (χ4n) is 8.70. The maximum absolute atomic E-state index is 5.33. The Balaban J connectivity index is 1.08. The Labute approximate surface area is 356 Å². The molecule has 0 saturated carbocycles. The second-order valence-corrected chi connectivity index (χ2v) is 15.4. The van der Waals surface area contributed by atoms with E-state index < -0.39 is 0 Å². The molecule has 0 unspecified atom stereocenters. The van der Waals surface area contributed by atoms with Gasteiger partial charge in [0.25, 0.3) is 0 Å². The van der Waals surface area contributed by atoms with Crippen molar-refractivity contribution in [3.8, 4) is 68.3 Å².